The minimum Gasteiger partial charge on any atom is -0.481 e. The lowest BCUT2D eigenvalue weighted by Crippen LogP contribution is -2.40. The number of rotatable bonds is 9. The quantitative estimate of drug-likeness (QED) is 0.610. The van der Waals surface area contributed by atoms with E-state index in [1.807, 2.05) is 13.8 Å². The Labute approximate surface area is 103 Å². The Morgan fingerprint density at radius 2 is 1.88 bits per heavy atom. The zero-order chi connectivity index (χ0) is 13.1. The molecule has 0 aromatic carbocycles. The maximum absolute atomic E-state index is 11.6. The standard InChI is InChI=1S/C12H24N2O3/c1-3-10-14(4-2)12(17)13-9-7-5-6-8-11(15)16/h3-10H2,1-2H3,(H,13,17)(H,15,16). The smallest absolute Gasteiger partial charge is 0.317 e. The number of nitrogens with zero attached hydrogens (tertiary/aromatic N) is 1. The number of unbranched alkanes of at least 4 members (excludes halogenated alkanes) is 2. The van der Waals surface area contributed by atoms with Crippen LogP contribution in [0.15, 0.2) is 0 Å². The monoisotopic (exact) mass is 244 g/mol. The molecule has 2 amide bonds. The van der Waals surface area contributed by atoms with E-state index in [1.54, 1.807) is 4.90 Å². The largest absolute Gasteiger partial charge is 0.481 e. The molecule has 17 heavy (non-hydrogen) atoms. The van der Waals surface area contributed by atoms with Crippen molar-refractivity contribution in [1.82, 2.24) is 10.2 Å². The molecule has 0 aromatic rings. The first-order chi connectivity index (χ1) is 8.11. The average molecular weight is 244 g/mol. The minimum atomic E-state index is -0.755. The van der Waals surface area contributed by atoms with E-state index in [-0.39, 0.29) is 12.5 Å². The molecule has 0 aromatic heterocycles. The van der Waals surface area contributed by atoms with Crippen molar-refractivity contribution in [2.45, 2.75) is 46.0 Å². The Morgan fingerprint density at radius 3 is 2.41 bits per heavy atom. The molecule has 0 atom stereocenters. The molecule has 0 saturated heterocycles. The summed E-state index contributed by atoms with van der Waals surface area (Å²) in [6.07, 6.45) is 3.53. The van der Waals surface area contributed by atoms with Crippen LogP contribution in [0.2, 0.25) is 0 Å². The molecule has 2 N–H and O–H groups in total. The van der Waals surface area contributed by atoms with Gasteiger partial charge in [0.2, 0.25) is 0 Å². The van der Waals surface area contributed by atoms with Crippen LogP contribution < -0.4 is 5.32 Å². The fourth-order valence-electron chi connectivity index (χ4n) is 1.56. The Kier molecular flexibility index (Phi) is 9.19. The molecule has 0 unspecified atom stereocenters. The lowest BCUT2D eigenvalue weighted by molar-refractivity contribution is -0.137. The number of carboxylic acid groups (broad SMARTS) is 1. The lowest BCUT2D eigenvalue weighted by Gasteiger charge is -2.20. The van der Waals surface area contributed by atoms with Gasteiger partial charge < -0.3 is 15.3 Å². The fourth-order valence-corrected chi connectivity index (χ4v) is 1.56. The van der Waals surface area contributed by atoms with Crippen LogP contribution in [0, 0.1) is 0 Å². The molecule has 5 nitrogen and oxygen atoms in total. The number of nitrogens with one attached hydrogen (secondary N) is 1. The molecule has 0 saturated carbocycles. The zero-order valence-corrected chi connectivity index (χ0v) is 10.9. The summed E-state index contributed by atoms with van der Waals surface area (Å²) in [5, 5.41) is 11.3. The first kappa shape index (κ1) is 15.7. The van der Waals surface area contributed by atoms with Gasteiger partial charge in [0, 0.05) is 26.1 Å². The first-order valence-corrected chi connectivity index (χ1v) is 6.36. The van der Waals surface area contributed by atoms with E-state index in [9.17, 15) is 9.59 Å². The predicted octanol–water partition coefficient (Wildman–Crippen LogP) is 2.07. The van der Waals surface area contributed by atoms with Crippen molar-refractivity contribution >= 4 is 12.0 Å². The Balaban J connectivity index is 3.52. The average Bonchev–Trinajstić information content (AvgIpc) is 2.29. The third-order valence-electron chi connectivity index (χ3n) is 2.51. The van der Waals surface area contributed by atoms with Crippen LogP contribution in [0.4, 0.5) is 4.79 Å². The highest BCUT2D eigenvalue weighted by Gasteiger charge is 2.08. The van der Waals surface area contributed by atoms with Crippen LogP contribution in [0.1, 0.15) is 46.0 Å². The zero-order valence-electron chi connectivity index (χ0n) is 10.9. The van der Waals surface area contributed by atoms with Gasteiger partial charge in [-0.05, 0) is 26.2 Å². The van der Waals surface area contributed by atoms with E-state index in [4.69, 9.17) is 5.11 Å². The molecule has 0 aliphatic rings. The molecule has 0 rings (SSSR count). The molecule has 0 bridgehead atoms. The molecule has 0 spiro atoms. The van der Waals surface area contributed by atoms with Crippen molar-refractivity contribution in [1.29, 1.82) is 0 Å². The van der Waals surface area contributed by atoms with Crippen molar-refractivity contribution in [2.24, 2.45) is 0 Å². The van der Waals surface area contributed by atoms with Gasteiger partial charge in [0.05, 0.1) is 0 Å². The van der Waals surface area contributed by atoms with E-state index in [1.165, 1.54) is 0 Å². The normalized spacial score (nSPS) is 10.0. The van der Waals surface area contributed by atoms with Crippen molar-refractivity contribution in [2.75, 3.05) is 19.6 Å². The Bertz CT molecular complexity index is 232. The molecular formula is C12H24N2O3. The lowest BCUT2D eigenvalue weighted by atomic mass is 10.2. The number of amides is 2. The van der Waals surface area contributed by atoms with Crippen molar-refractivity contribution in [3.05, 3.63) is 0 Å². The number of carbonyl (C=O) groups is 2. The maximum atomic E-state index is 11.6. The number of hydrogen-bond donors (Lipinski definition) is 2. The summed E-state index contributed by atoms with van der Waals surface area (Å²) >= 11 is 0. The summed E-state index contributed by atoms with van der Waals surface area (Å²) in [7, 11) is 0. The first-order valence-electron chi connectivity index (χ1n) is 6.36. The van der Waals surface area contributed by atoms with Crippen LogP contribution in [-0.4, -0.2) is 41.6 Å². The van der Waals surface area contributed by atoms with Gasteiger partial charge in [-0.2, -0.15) is 0 Å². The number of hydrogen-bond acceptors (Lipinski definition) is 2. The molecule has 100 valence electrons. The van der Waals surface area contributed by atoms with Gasteiger partial charge in [0.1, 0.15) is 0 Å². The Morgan fingerprint density at radius 1 is 1.18 bits per heavy atom. The third-order valence-corrected chi connectivity index (χ3v) is 2.51. The van der Waals surface area contributed by atoms with Crippen molar-refractivity contribution in [3.63, 3.8) is 0 Å². The molecule has 5 heteroatoms. The van der Waals surface area contributed by atoms with Crippen molar-refractivity contribution in [3.8, 4) is 0 Å². The van der Waals surface area contributed by atoms with Gasteiger partial charge in [-0.25, -0.2) is 4.79 Å². The summed E-state index contributed by atoms with van der Waals surface area (Å²) in [5.74, 6) is -0.755. The molecule has 0 radical (unpaired) electrons. The van der Waals surface area contributed by atoms with E-state index < -0.39 is 5.97 Å². The predicted molar refractivity (Wildman–Crippen MR) is 67.0 cm³/mol. The second kappa shape index (κ2) is 9.93. The number of urea groups is 1. The molecule has 0 aliphatic carbocycles. The SMILES string of the molecule is CCCN(CC)C(=O)NCCCCCC(=O)O. The topological polar surface area (TPSA) is 69.6 Å². The van der Waals surface area contributed by atoms with Gasteiger partial charge in [0.15, 0.2) is 0 Å². The van der Waals surface area contributed by atoms with Crippen LogP contribution >= 0.6 is 0 Å². The minimum absolute atomic E-state index is 0.0208. The summed E-state index contributed by atoms with van der Waals surface area (Å²) in [4.78, 5) is 23.7. The summed E-state index contributed by atoms with van der Waals surface area (Å²) in [6.45, 7) is 6.13. The van der Waals surface area contributed by atoms with Gasteiger partial charge >= 0.3 is 12.0 Å². The molecule has 0 fully saturated rings. The summed E-state index contributed by atoms with van der Waals surface area (Å²) < 4.78 is 0. The van der Waals surface area contributed by atoms with E-state index in [0.717, 1.165) is 32.4 Å². The number of carboxylic acids is 1. The summed E-state index contributed by atoms with van der Waals surface area (Å²) in [6, 6.07) is -0.0208. The highest BCUT2D eigenvalue weighted by Crippen LogP contribution is 1.99. The second-order valence-corrected chi connectivity index (χ2v) is 4.02. The second-order valence-electron chi connectivity index (χ2n) is 4.02. The molecule has 0 aliphatic heterocycles. The fraction of sp³-hybridized carbons (Fsp3) is 0.833. The highest BCUT2D eigenvalue weighted by molar-refractivity contribution is 5.74. The molecule has 0 heterocycles. The van der Waals surface area contributed by atoms with Crippen LogP contribution in [0.5, 0.6) is 0 Å². The maximum Gasteiger partial charge on any atom is 0.317 e. The van der Waals surface area contributed by atoms with Crippen LogP contribution in [0.25, 0.3) is 0 Å². The Hall–Kier alpha value is -1.26. The van der Waals surface area contributed by atoms with Crippen molar-refractivity contribution < 1.29 is 14.7 Å². The summed E-state index contributed by atoms with van der Waals surface area (Å²) in [5.41, 5.74) is 0. The van der Waals surface area contributed by atoms with Crippen LogP contribution in [-0.2, 0) is 4.79 Å². The van der Waals surface area contributed by atoms with Gasteiger partial charge in [0.25, 0.3) is 0 Å². The third kappa shape index (κ3) is 8.54. The van der Waals surface area contributed by atoms with E-state index in [0.29, 0.717) is 13.0 Å². The van der Waals surface area contributed by atoms with Gasteiger partial charge in [-0.1, -0.05) is 13.3 Å². The highest BCUT2D eigenvalue weighted by atomic mass is 16.4. The molecular weight excluding hydrogens is 220 g/mol. The van der Waals surface area contributed by atoms with Gasteiger partial charge in [-0.3, -0.25) is 4.79 Å². The van der Waals surface area contributed by atoms with E-state index >= 15 is 0 Å². The van der Waals surface area contributed by atoms with Gasteiger partial charge in [-0.15, -0.1) is 0 Å². The van der Waals surface area contributed by atoms with E-state index in [2.05, 4.69) is 5.32 Å². The number of carbonyl (C=O) groups excluding carboxylic acids is 1. The van der Waals surface area contributed by atoms with Crippen LogP contribution in [0.3, 0.4) is 0 Å². The number of aliphatic carboxylic acids is 1.